The first-order chi connectivity index (χ1) is 15.3. The lowest BCUT2D eigenvalue weighted by molar-refractivity contribution is -0.147. The number of aromatic nitrogens is 1. The molecule has 1 heterocycles. The van der Waals surface area contributed by atoms with Crippen molar-refractivity contribution in [2.45, 2.75) is 39.8 Å². The standard InChI is InChI=1S/C26H29NO5/c1-7-13-31-26(29)21-11-12-24-23(15-21)16(2)17(3)27(24)18(4)20-9-8-10-22(14-20)32-19(5)25(28)30-6/h7-12,14-15,18-19H,1,13H2,2-6H3. The first-order valence-corrected chi connectivity index (χ1v) is 10.5. The Labute approximate surface area is 188 Å². The molecule has 2 atom stereocenters. The lowest BCUT2D eigenvalue weighted by Gasteiger charge is -2.20. The number of methoxy groups -OCH3 is 1. The molecule has 0 aliphatic carbocycles. The van der Waals surface area contributed by atoms with Crippen LogP contribution in [0.3, 0.4) is 0 Å². The predicted octanol–water partition coefficient (Wildman–Crippen LogP) is 5.15. The predicted molar refractivity (Wildman–Crippen MR) is 124 cm³/mol. The molecule has 0 saturated heterocycles. The molecule has 2 unspecified atom stereocenters. The Kier molecular flexibility index (Phi) is 7.03. The first kappa shape index (κ1) is 23.1. The van der Waals surface area contributed by atoms with Crippen molar-refractivity contribution in [3.05, 3.63) is 77.5 Å². The fourth-order valence-corrected chi connectivity index (χ4v) is 3.86. The van der Waals surface area contributed by atoms with Gasteiger partial charge < -0.3 is 18.8 Å². The normalized spacial score (nSPS) is 12.8. The summed E-state index contributed by atoms with van der Waals surface area (Å²) in [6, 6.07) is 13.3. The fourth-order valence-electron chi connectivity index (χ4n) is 3.86. The summed E-state index contributed by atoms with van der Waals surface area (Å²) in [6.45, 7) is 11.7. The minimum absolute atomic E-state index is 0.00162. The number of carbonyl (C=O) groups is 2. The Morgan fingerprint density at radius 1 is 1.12 bits per heavy atom. The third-order valence-corrected chi connectivity index (χ3v) is 5.71. The molecule has 0 aliphatic heterocycles. The van der Waals surface area contributed by atoms with E-state index < -0.39 is 12.1 Å². The third-order valence-electron chi connectivity index (χ3n) is 5.71. The molecule has 1 aromatic heterocycles. The average Bonchev–Trinajstić information content (AvgIpc) is 3.05. The van der Waals surface area contributed by atoms with Gasteiger partial charge in [0.05, 0.1) is 18.7 Å². The van der Waals surface area contributed by atoms with E-state index in [4.69, 9.17) is 14.2 Å². The van der Waals surface area contributed by atoms with Crippen LogP contribution in [-0.2, 0) is 14.3 Å². The molecule has 3 rings (SSSR count). The second-order valence-corrected chi connectivity index (χ2v) is 7.73. The highest BCUT2D eigenvalue weighted by molar-refractivity contribution is 5.96. The van der Waals surface area contributed by atoms with Gasteiger partial charge in [0, 0.05) is 16.6 Å². The van der Waals surface area contributed by atoms with Crippen LogP contribution in [0.25, 0.3) is 10.9 Å². The van der Waals surface area contributed by atoms with Crippen molar-refractivity contribution in [1.82, 2.24) is 4.57 Å². The van der Waals surface area contributed by atoms with Gasteiger partial charge in [-0.1, -0.05) is 24.8 Å². The quantitative estimate of drug-likeness (QED) is 0.362. The van der Waals surface area contributed by atoms with Crippen molar-refractivity contribution in [3.8, 4) is 5.75 Å². The number of carbonyl (C=O) groups excluding carboxylic acids is 2. The summed E-state index contributed by atoms with van der Waals surface area (Å²) < 4.78 is 17.9. The SMILES string of the molecule is C=CCOC(=O)c1ccc2c(c1)c(C)c(C)n2C(C)c1cccc(OC(C)C(=O)OC)c1. The molecule has 32 heavy (non-hydrogen) atoms. The van der Waals surface area contributed by atoms with Gasteiger partial charge in [0.2, 0.25) is 0 Å². The van der Waals surface area contributed by atoms with Gasteiger partial charge in [0.15, 0.2) is 6.10 Å². The maximum atomic E-state index is 12.3. The highest BCUT2D eigenvalue weighted by Gasteiger charge is 2.20. The van der Waals surface area contributed by atoms with Crippen molar-refractivity contribution in [2.75, 3.05) is 13.7 Å². The van der Waals surface area contributed by atoms with Crippen LogP contribution in [0.15, 0.2) is 55.1 Å². The van der Waals surface area contributed by atoms with Crippen molar-refractivity contribution >= 4 is 22.8 Å². The maximum Gasteiger partial charge on any atom is 0.346 e. The van der Waals surface area contributed by atoms with Crippen LogP contribution in [0.5, 0.6) is 5.75 Å². The Bertz CT molecular complexity index is 1160. The minimum atomic E-state index is -0.693. The van der Waals surface area contributed by atoms with Crippen molar-refractivity contribution < 1.29 is 23.8 Å². The van der Waals surface area contributed by atoms with Gasteiger partial charge in [0.1, 0.15) is 12.4 Å². The van der Waals surface area contributed by atoms with Gasteiger partial charge in [-0.3, -0.25) is 0 Å². The van der Waals surface area contributed by atoms with E-state index >= 15 is 0 Å². The topological polar surface area (TPSA) is 66.8 Å². The summed E-state index contributed by atoms with van der Waals surface area (Å²) >= 11 is 0. The molecule has 2 aromatic carbocycles. The largest absolute Gasteiger partial charge is 0.479 e. The molecule has 3 aromatic rings. The van der Waals surface area contributed by atoms with Crippen LogP contribution in [-0.4, -0.2) is 36.3 Å². The van der Waals surface area contributed by atoms with E-state index in [1.54, 1.807) is 19.1 Å². The zero-order chi connectivity index (χ0) is 23.4. The van der Waals surface area contributed by atoms with E-state index in [0.717, 1.165) is 27.7 Å². The molecule has 0 fully saturated rings. The monoisotopic (exact) mass is 435 g/mol. The third kappa shape index (κ3) is 4.54. The summed E-state index contributed by atoms with van der Waals surface area (Å²) in [6.07, 6.45) is 0.856. The highest BCUT2D eigenvalue weighted by Crippen LogP contribution is 2.33. The lowest BCUT2D eigenvalue weighted by Crippen LogP contribution is -2.25. The number of benzene rings is 2. The molecular formula is C26H29NO5. The van der Waals surface area contributed by atoms with Crippen LogP contribution in [0.1, 0.15) is 47.1 Å². The second-order valence-electron chi connectivity index (χ2n) is 7.73. The number of nitrogens with zero attached hydrogens (tertiary/aromatic N) is 1. The van der Waals surface area contributed by atoms with E-state index in [0.29, 0.717) is 11.3 Å². The number of ether oxygens (including phenoxy) is 3. The van der Waals surface area contributed by atoms with Crippen LogP contribution in [0.4, 0.5) is 0 Å². The zero-order valence-corrected chi connectivity index (χ0v) is 19.2. The second kappa shape index (κ2) is 9.73. The molecule has 0 bridgehead atoms. The average molecular weight is 436 g/mol. The molecule has 0 radical (unpaired) electrons. The van der Waals surface area contributed by atoms with Crippen molar-refractivity contribution in [1.29, 1.82) is 0 Å². The van der Waals surface area contributed by atoms with Crippen molar-refractivity contribution in [3.63, 3.8) is 0 Å². The van der Waals surface area contributed by atoms with Crippen molar-refractivity contribution in [2.24, 2.45) is 0 Å². The van der Waals surface area contributed by atoms with Gasteiger partial charge in [-0.25, -0.2) is 9.59 Å². The summed E-state index contributed by atoms with van der Waals surface area (Å²) in [5.74, 6) is -0.187. The van der Waals surface area contributed by atoms with Crippen LogP contribution in [0.2, 0.25) is 0 Å². The number of esters is 2. The number of rotatable bonds is 8. The van der Waals surface area contributed by atoms with E-state index in [1.165, 1.54) is 7.11 Å². The van der Waals surface area contributed by atoms with Gasteiger partial charge in [0.25, 0.3) is 0 Å². The number of hydrogen-bond acceptors (Lipinski definition) is 5. The lowest BCUT2D eigenvalue weighted by atomic mass is 10.1. The van der Waals surface area contributed by atoms with E-state index in [2.05, 4.69) is 31.9 Å². The van der Waals surface area contributed by atoms with E-state index in [9.17, 15) is 9.59 Å². The Morgan fingerprint density at radius 3 is 2.56 bits per heavy atom. The number of aryl methyl sites for hydroxylation is 1. The number of fused-ring (bicyclic) bond motifs is 1. The van der Waals surface area contributed by atoms with Crippen LogP contribution >= 0.6 is 0 Å². The smallest absolute Gasteiger partial charge is 0.346 e. The summed E-state index contributed by atoms with van der Waals surface area (Å²) in [5.41, 5.74) is 4.80. The summed E-state index contributed by atoms with van der Waals surface area (Å²) in [7, 11) is 1.34. The van der Waals surface area contributed by atoms with Gasteiger partial charge in [-0.05, 0) is 69.2 Å². The molecule has 168 valence electrons. The molecule has 6 nitrogen and oxygen atoms in total. The molecule has 0 saturated carbocycles. The Balaban J connectivity index is 1.96. The van der Waals surface area contributed by atoms with Crippen LogP contribution < -0.4 is 4.74 Å². The summed E-state index contributed by atoms with van der Waals surface area (Å²) in [5, 5.41) is 1.01. The number of hydrogen-bond donors (Lipinski definition) is 0. The molecule has 0 amide bonds. The maximum absolute atomic E-state index is 12.3. The zero-order valence-electron chi connectivity index (χ0n) is 19.2. The van der Waals surface area contributed by atoms with Gasteiger partial charge in [-0.15, -0.1) is 0 Å². The minimum Gasteiger partial charge on any atom is -0.479 e. The Morgan fingerprint density at radius 2 is 1.88 bits per heavy atom. The highest BCUT2D eigenvalue weighted by atomic mass is 16.6. The summed E-state index contributed by atoms with van der Waals surface area (Å²) in [4.78, 5) is 24.0. The first-order valence-electron chi connectivity index (χ1n) is 10.5. The van der Waals surface area contributed by atoms with E-state index in [1.807, 2.05) is 36.4 Å². The molecule has 0 spiro atoms. The van der Waals surface area contributed by atoms with E-state index in [-0.39, 0.29) is 18.6 Å². The fraction of sp³-hybridized carbons (Fsp3) is 0.308. The van der Waals surface area contributed by atoms with Gasteiger partial charge in [-0.2, -0.15) is 0 Å². The molecule has 6 heteroatoms. The van der Waals surface area contributed by atoms with Crippen LogP contribution in [0, 0.1) is 13.8 Å². The molecular weight excluding hydrogens is 406 g/mol. The molecule has 0 N–H and O–H groups in total. The Hall–Kier alpha value is -3.54. The van der Waals surface area contributed by atoms with Gasteiger partial charge >= 0.3 is 11.9 Å². The molecule has 0 aliphatic rings.